The van der Waals surface area contributed by atoms with Crippen molar-refractivity contribution in [2.75, 3.05) is 85.6 Å². The minimum absolute atomic E-state index is 0. The summed E-state index contributed by atoms with van der Waals surface area (Å²) >= 11 is 0. The predicted octanol–water partition coefficient (Wildman–Crippen LogP) is -3.61. The Balaban J connectivity index is 0.00000833. The van der Waals surface area contributed by atoms with E-state index in [1.807, 2.05) is 36.4 Å². The SMILES string of the molecule is COc1ccc2cc([C@H](C)C(=O)NCCCC(C(=O)O)N3CCN(CC(=O)[O-])CCN(CC(=O)[O-])CCN(CC(=O)[O-])CC3)ccc2c1.[Ga+3]. The fourth-order valence-electron chi connectivity index (χ4n) is 5.80. The van der Waals surface area contributed by atoms with Crippen LogP contribution in [0.15, 0.2) is 36.4 Å². The molecule has 0 radical (unpaired) electrons. The van der Waals surface area contributed by atoms with E-state index in [0.717, 1.165) is 22.1 Å². The van der Waals surface area contributed by atoms with Crippen LogP contribution in [0.5, 0.6) is 5.75 Å². The summed E-state index contributed by atoms with van der Waals surface area (Å²) in [5.41, 5.74) is 0.831. The molecule has 2 N–H and O–H groups in total. The maximum absolute atomic E-state index is 13.0. The van der Waals surface area contributed by atoms with Gasteiger partial charge in [-0.05, 0) is 48.2 Å². The van der Waals surface area contributed by atoms with Gasteiger partial charge in [0.05, 0.1) is 30.9 Å². The Kier molecular flexibility index (Phi) is 17.6. The molecule has 0 spiro atoms. The largest absolute Gasteiger partial charge is 3.00 e. The van der Waals surface area contributed by atoms with E-state index in [4.69, 9.17) is 4.74 Å². The summed E-state index contributed by atoms with van der Waals surface area (Å²) in [6.45, 7) is 1.94. The molecule has 1 fully saturated rings. The van der Waals surface area contributed by atoms with Crippen molar-refractivity contribution in [2.45, 2.75) is 31.7 Å². The van der Waals surface area contributed by atoms with Crippen molar-refractivity contribution in [1.29, 1.82) is 0 Å². The van der Waals surface area contributed by atoms with Crippen LogP contribution in [0.25, 0.3) is 10.8 Å². The van der Waals surface area contributed by atoms with E-state index < -0.39 is 55.5 Å². The van der Waals surface area contributed by atoms with Gasteiger partial charge in [-0.25, -0.2) is 0 Å². The van der Waals surface area contributed by atoms with Crippen molar-refractivity contribution in [3.8, 4) is 5.75 Å². The summed E-state index contributed by atoms with van der Waals surface area (Å²) in [6.07, 6.45) is 0.509. The van der Waals surface area contributed by atoms with Crippen molar-refractivity contribution < 1.29 is 49.1 Å². The number of hydrogen-bond donors (Lipinski definition) is 2. The van der Waals surface area contributed by atoms with Crippen LogP contribution in [0.2, 0.25) is 0 Å². The van der Waals surface area contributed by atoms with E-state index in [9.17, 15) is 44.4 Å². The Bertz CT molecular complexity index is 1400. The van der Waals surface area contributed by atoms with Crippen LogP contribution in [0.1, 0.15) is 31.2 Å². The first-order valence-corrected chi connectivity index (χ1v) is 15.9. The van der Waals surface area contributed by atoms with Gasteiger partial charge in [-0.2, -0.15) is 0 Å². The normalized spacial score (nSPS) is 17.1. The third-order valence-electron chi connectivity index (χ3n) is 8.57. The molecule has 49 heavy (non-hydrogen) atoms. The van der Waals surface area contributed by atoms with E-state index in [0.29, 0.717) is 6.42 Å². The molecular formula is C33H44GaN5O10. The van der Waals surface area contributed by atoms with Crippen LogP contribution >= 0.6 is 0 Å². The first kappa shape index (κ1) is 41.5. The zero-order valence-electron chi connectivity index (χ0n) is 28.0. The molecule has 264 valence electrons. The van der Waals surface area contributed by atoms with Crippen LogP contribution in [-0.2, 0) is 24.0 Å². The number of benzene rings is 2. The van der Waals surface area contributed by atoms with E-state index in [2.05, 4.69) is 5.32 Å². The topological polar surface area (TPSA) is 209 Å². The molecule has 2 atom stereocenters. The van der Waals surface area contributed by atoms with Gasteiger partial charge in [0.15, 0.2) is 0 Å². The van der Waals surface area contributed by atoms with Gasteiger partial charge >= 0.3 is 25.8 Å². The first-order valence-electron chi connectivity index (χ1n) is 15.9. The molecule has 1 heterocycles. The third kappa shape index (κ3) is 14.0. The minimum atomic E-state index is -1.33. The molecular weight excluding hydrogens is 696 g/mol. The standard InChI is InChI=1S/C33H47N5O10.Ga/c1-23(24-5-6-26-19-27(48-2)8-7-25(26)18-24)32(45)34-9-3-4-28(33(46)47)38-16-14-36(21-30(41)42)12-10-35(20-29(39)40)11-13-37(15-17-38)22-31(43)44;/h5-8,18-19,23,28H,3-4,9-17,20-22H2,1-2H3,(H,34,45)(H,39,40)(H,41,42)(H,43,44)(H,46,47);/q;+3/p-3/t23-,28?;/m0./s1. The molecule has 15 nitrogen and oxygen atoms in total. The van der Waals surface area contributed by atoms with Crippen molar-refractivity contribution in [3.05, 3.63) is 42.0 Å². The number of rotatable bonds is 15. The van der Waals surface area contributed by atoms with Gasteiger partial charge in [0.1, 0.15) is 11.8 Å². The van der Waals surface area contributed by atoms with Gasteiger partial charge in [0.2, 0.25) is 5.91 Å². The van der Waals surface area contributed by atoms with Crippen LogP contribution < -0.4 is 25.4 Å². The van der Waals surface area contributed by atoms with Gasteiger partial charge in [-0.1, -0.05) is 24.3 Å². The van der Waals surface area contributed by atoms with E-state index in [-0.39, 0.29) is 91.0 Å². The summed E-state index contributed by atoms with van der Waals surface area (Å²) < 4.78 is 5.27. The molecule has 2 aromatic carbocycles. The Hall–Kier alpha value is -3.67. The number of methoxy groups -OCH3 is 1. The number of carboxylic acid groups (broad SMARTS) is 4. The Morgan fingerprint density at radius 1 is 0.776 bits per heavy atom. The zero-order chi connectivity index (χ0) is 35.2. The summed E-state index contributed by atoms with van der Waals surface area (Å²) in [5.74, 6) is -5.00. The van der Waals surface area contributed by atoms with E-state index in [1.165, 1.54) is 4.90 Å². The average Bonchev–Trinajstić information content (AvgIpc) is 3.03. The Morgan fingerprint density at radius 3 is 1.71 bits per heavy atom. The quantitative estimate of drug-likeness (QED) is 0.134. The minimum Gasteiger partial charge on any atom is -0.549 e. The van der Waals surface area contributed by atoms with Crippen LogP contribution in [0.4, 0.5) is 0 Å². The van der Waals surface area contributed by atoms with Crippen LogP contribution in [0, 0.1) is 0 Å². The second-order valence-electron chi connectivity index (χ2n) is 12.0. The average molecular weight is 740 g/mol. The molecule has 2 aromatic rings. The second kappa shape index (κ2) is 20.7. The van der Waals surface area contributed by atoms with E-state index >= 15 is 0 Å². The Morgan fingerprint density at radius 2 is 1.24 bits per heavy atom. The fourth-order valence-corrected chi connectivity index (χ4v) is 5.80. The number of ether oxygens (including phenoxy) is 1. The number of nitrogens with zero attached hydrogens (tertiary/aromatic N) is 4. The van der Waals surface area contributed by atoms with Crippen LogP contribution in [0.3, 0.4) is 0 Å². The molecule has 0 aliphatic carbocycles. The van der Waals surface area contributed by atoms with Gasteiger partial charge in [-0.3, -0.25) is 29.2 Å². The summed E-state index contributed by atoms with van der Waals surface area (Å²) in [4.78, 5) is 65.9. The number of amides is 1. The maximum atomic E-state index is 13.0. The number of nitrogens with one attached hydrogen (secondary N) is 1. The number of fused-ring (bicyclic) bond motifs is 1. The van der Waals surface area contributed by atoms with Gasteiger partial charge < -0.3 is 44.9 Å². The molecule has 1 aliphatic heterocycles. The number of carbonyl (C=O) groups excluding carboxylic acids is 4. The number of carbonyl (C=O) groups is 5. The second-order valence-corrected chi connectivity index (χ2v) is 12.0. The molecule has 1 saturated heterocycles. The first-order chi connectivity index (χ1) is 22.9. The van der Waals surface area contributed by atoms with Crippen molar-refractivity contribution in [1.82, 2.24) is 24.9 Å². The molecule has 16 heteroatoms. The molecule has 1 amide bonds. The van der Waals surface area contributed by atoms with Crippen LogP contribution in [-0.4, -0.2) is 166 Å². The molecule has 1 unspecified atom stereocenters. The molecule has 0 saturated carbocycles. The number of aliphatic carboxylic acids is 4. The molecule has 1 aliphatic rings. The Labute approximate surface area is 298 Å². The molecule has 0 bridgehead atoms. The predicted molar refractivity (Wildman–Crippen MR) is 174 cm³/mol. The third-order valence-corrected chi connectivity index (χ3v) is 8.57. The smallest absolute Gasteiger partial charge is 0.549 e. The van der Waals surface area contributed by atoms with Crippen molar-refractivity contribution >= 4 is 60.3 Å². The van der Waals surface area contributed by atoms with Gasteiger partial charge in [0, 0.05) is 78.5 Å². The fraction of sp³-hybridized carbons (Fsp3) is 0.545. The maximum Gasteiger partial charge on any atom is 3.00 e. The number of hydrogen-bond acceptors (Lipinski definition) is 13. The molecule has 3 rings (SSSR count). The van der Waals surface area contributed by atoms with Crippen molar-refractivity contribution in [3.63, 3.8) is 0 Å². The number of carboxylic acids is 4. The summed E-state index contributed by atoms with van der Waals surface area (Å²) in [7, 11) is 1.60. The summed E-state index contributed by atoms with van der Waals surface area (Å²) in [5, 5.41) is 49.2. The van der Waals surface area contributed by atoms with Crippen molar-refractivity contribution in [2.24, 2.45) is 0 Å². The molecule has 0 aromatic heterocycles. The monoisotopic (exact) mass is 739 g/mol. The van der Waals surface area contributed by atoms with E-state index in [1.54, 1.807) is 28.7 Å². The van der Waals surface area contributed by atoms with Gasteiger partial charge in [-0.15, -0.1) is 0 Å². The summed E-state index contributed by atoms with van der Waals surface area (Å²) in [6, 6.07) is 10.5. The zero-order valence-corrected chi connectivity index (χ0v) is 30.4. The van der Waals surface area contributed by atoms with Gasteiger partial charge in [0.25, 0.3) is 0 Å².